The van der Waals surface area contributed by atoms with E-state index in [0.717, 1.165) is 11.1 Å². The van der Waals surface area contributed by atoms with Crippen molar-refractivity contribution in [2.24, 2.45) is 4.99 Å². The van der Waals surface area contributed by atoms with Gasteiger partial charge in [-0.15, -0.1) is 11.8 Å². The van der Waals surface area contributed by atoms with Crippen LogP contribution in [0.1, 0.15) is 17.0 Å². The van der Waals surface area contributed by atoms with Crippen molar-refractivity contribution in [3.63, 3.8) is 0 Å². The first-order valence-corrected chi connectivity index (χ1v) is 6.95. The molecule has 0 saturated heterocycles. The molecule has 0 fully saturated rings. The van der Waals surface area contributed by atoms with Crippen LogP contribution in [0.4, 0.5) is 0 Å². The predicted octanol–water partition coefficient (Wildman–Crippen LogP) is 1.76. The molecule has 19 heavy (non-hydrogen) atoms. The maximum absolute atomic E-state index is 12.4. The summed E-state index contributed by atoms with van der Waals surface area (Å²) in [6, 6.07) is 7.86. The van der Waals surface area contributed by atoms with Crippen LogP contribution in [0.3, 0.4) is 0 Å². The monoisotopic (exact) mass is 272 g/mol. The van der Waals surface area contributed by atoms with Crippen molar-refractivity contribution in [3.05, 3.63) is 46.1 Å². The maximum atomic E-state index is 12.4. The van der Waals surface area contributed by atoms with Crippen molar-refractivity contribution < 1.29 is 9.59 Å². The number of thioether (sulfide) groups is 1. The van der Waals surface area contributed by atoms with E-state index < -0.39 is 0 Å². The minimum absolute atomic E-state index is 0.0128. The molecule has 5 heteroatoms. The van der Waals surface area contributed by atoms with E-state index in [-0.39, 0.29) is 23.4 Å². The summed E-state index contributed by atoms with van der Waals surface area (Å²) in [5, 5.41) is 2.63. The number of benzene rings is 1. The summed E-state index contributed by atoms with van der Waals surface area (Å²) >= 11 is 1.27. The van der Waals surface area contributed by atoms with Gasteiger partial charge in [0.05, 0.1) is 16.6 Å². The van der Waals surface area contributed by atoms with E-state index in [1.807, 2.05) is 31.2 Å². The molecule has 4 nitrogen and oxygen atoms in total. The summed E-state index contributed by atoms with van der Waals surface area (Å²) < 4.78 is 0. The van der Waals surface area contributed by atoms with Crippen molar-refractivity contribution in [1.29, 1.82) is 0 Å². The second-order valence-corrected chi connectivity index (χ2v) is 5.53. The molecule has 0 saturated carbocycles. The van der Waals surface area contributed by atoms with E-state index in [1.165, 1.54) is 11.8 Å². The highest BCUT2D eigenvalue weighted by Gasteiger charge is 2.32. The van der Waals surface area contributed by atoms with Crippen molar-refractivity contribution in [2.45, 2.75) is 12.8 Å². The standard InChI is InChI=1S/C14H12N2O2S/c1-8-2-4-9(5-3-8)10-6-15-14-13(12(10)18)19-7-11(17)16-14/h2-6,10H,7H2,1H3,(H,16,17). The van der Waals surface area contributed by atoms with Crippen LogP contribution in [0.15, 0.2) is 40.0 Å². The number of rotatable bonds is 1. The fourth-order valence-corrected chi connectivity index (χ4v) is 2.94. The lowest BCUT2D eigenvalue weighted by Crippen LogP contribution is -2.34. The number of hydrogen-bond donors (Lipinski definition) is 1. The van der Waals surface area contributed by atoms with Gasteiger partial charge in [-0.05, 0) is 12.5 Å². The molecule has 2 heterocycles. The SMILES string of the molecule is Cc1ccc(C2C=NC3=C(SCC(=O)N3)C2=O)cc1. The van der Waals surface area contributed by atoms with Crippen molar-refractivity contribution in [2.75, 3.05) is 5.75 Å². The van der Waals surface area contributed by atoms with Crippen LogP contribution >= 0.6 is 11.8 Å². The Kier molecular flexibility index (Phi) is 2.98. The largest absolute Gasteiger partial charge is 0.309 e. The number of nitrogens with zero attached hydrogens (tertiary/aromatic N) is 1. The average molecular weight is 272 g/mol. The zero-order valence-electron chi connectivity index (χ0n) is 10.3. The van der Waals surface area contributed by atoms with Crippen LogP contribution in [0.2, 0.25) is 0 Å². The Morgan fingerprint density at radius 3 is 2.74 bits per heavy atom. The highest BCUT2D eigenvalue weighted by Crippen LogP contribution is 2.33. The first kappa shape index (κ1) is 12.2. The van der Waals surface area contributed by atoms with Gasteiger partial charge in [0.2, 0.25) is 5.91 Å². The second kappa shape index (κ2) is 4.66. The smallest absolute Gasteiger partial charge is 0.235 e. The Morgan fingerprint density at radius 2 is 2.00 bits per heavy atom. The molecule has 0 aliphatic carbocycles. The van der Waals surface area contributed by atoms with Gasteiger partial charge in [-0.2, -0.15) is 0 Å². The van der Waals surface area contributed by atoms with Crippen LogP contribution in [0.5, 0.6) is 0 Å². The summed E-state index contributed by atoms with van der Waals surface area (Å²) in [5.41, 5.74) is 2.09. The lowest BCUT2D eigenvalue weighted by Gasteiger charge is -2.23. The van der Waals surface area contributed by atoms with Gasteiger partial charge in [0, 0.05) is 6.21 Å². The minimum Gasteiger partial charge on any atom is -0.309 e. The fourth-order valence-electron chi connectivity index (χ4n) is 2.08. The maximum Gasteiger partial charge on any atom is 0.235 e. The summed E-state index contributed by atoms with van der Waals surface area (Å²) in [4.78, 5) is 28.5. The fraction of sp³-hybridized carbons (Fsp3) is 0.214. The minimum atomic E-state index is -0.346. The van der Waals surface area contributed by atoms with Crippen LogP contribution < -0.4 is 5.32 Å². The topological polar surface area (TPSA) is 58.5 Å². The van der Waals surface area contributed by atoms with Crippen molar-refractivity contribution >= 4 is 29.7 Å². The van der Waals surface area contributed by atoms with Crippen LogP contribution in [0.25, 0.3) is 0 Å². The van der Waals surface area contributed by atoms with Crippen molar-refractivity contribution in [1.82, 2.24) is 5.32 Å². The number of carbonyl (C=O) groups excluding carboxylic acids is 2. The third-order valence-corrected chi connectivity index (χ3v) is 4.21. The van der Waals surface area contributed by atoms with Gasteiger partial charge in [-0.3, -0.25) is 9.59 Å². The lowest BCUT2D eigenvalue weighted by atomic mass is 9.93. The zero-order valence-corrected chi connectivity index (χ0v) is 11.2. The predicted molar refractivity (Wildman–Crippen MR) is 75.0 cm³/mol. The van der Waals surface area contributed by atoms with E-state index in [2.05, 4.69) is 10.3 Å². The van der Waals surface area contributed by atoms with Crippen LogP contribution in [-0.2, 0) is 9.59 Å². The molecular weight excluding hydrogens is 260 g/mol. The van der Waals surface area contributed by atoms with Gasteiger partial charge >= 0.3 is 0 Å². The molecule has 0 aromatic heterocycles. The van der Waals surface area contributed by atoms with Gasteiger partial charge in [-0.25, -0.2) is 4.99 Å². The first-order chi connectivity index (χ1) is 9.15. The first-order valence-electron chi connectivity index (χ1n) is 5.97. The molecule has 1 aromatic rings. The molecule has 0 spiro atoms. The molecule has 1 unspecified atom stereocenters. The van der Waals surface area contributed by atoms with E-state index in [1.54, 1.807) is 6.21 Å². The van der Waals surface area contributed by atoms with Gasteiger partial charge in [-0.1, -0.05) is 29.8 Å². The Bertz CT molecular complexity index is 617. The Labute approximate surface area is 115 Å². The number of amides is 1. The molecule has 0 radical (unpaired) electrons. The lowest BCUT2D eigenvalue weighted by molar-refractivity contribution is -0.118. The quantitative estimate of drug-likeness (QED) is 0.847. The molecule has 96 valence electrons. The second-order valence-electron chi connectivity index (χ2n) is 4.55. The number of carbonyl (C=O) groups is 2. The van der Waals surface area contributed by atoms with E-state index in [9.17, 15) is 9.59 Å². The highest BCUT2D eigenvalue weighted by molar-refractivity contribution is 8.04. The van der Waals surface area contributed by atoms with Gasteiger partial charge < -0.3 is 5.32 Å². The highest BCUT2D eigenvalue weighted by atomic mass is 32.2. The van der Waals surface area contributed by atoms with Crippen LogP contribution in [0, 0.1) is 6.92 Å². The third-order valence-electron chi connectivity index (χ3n) is 3.12. The summed E-state index contributed by atoms with van der Waals surface area (Å²) in [6.07, 6.45) is 1.61. The molecular formula is C14H12N2O2S. The number of allylic oxidation sites excluding steroid dienone is 1. The van der Waals surface area contributed by atoms with Crippen molar-refractivity contribution in [3.8, 4) is 0 Å². The zero-order chi connectivity index (χ0) is 13.4. The molecule has 1 N–H and O–H groups in total. The number of nitrogens with one attached hydrogen (secondary N) is 1. The van der Waals surface area contributed by atoms with E-state index in [0.29, 0.717) is 10.7 Å². The average Bonchev–Trinajstić information content (AvgIpc) is 2.40. The summed E-state index contributed by atoms with van der Waals surface area (Å²) in [5.74, 6) is 0.235. The van der Waals surface area contributed by atoms with E-state index >= 15 is 0 Å². The Hall–Kier alpha value is -1.88. The molecule has 2 aliphatic heterocycles. The Morgan fingerprint density at radius 1 is 1.26 bits per heavy atom. The molecule has 2 aliphatic rings. The summed E-state index contributed by atoms with van der Waals surface area (Å²) in [6.45, 7) is 2.01. The van der Waals surface area contributed by atoms with Gasteiger partial charge in [0.1, 0.15) is 5.82 Å². The molecule has 0 bridgehead atoms. The van der Waals surface area contributed by atoms with Gasteiger partial charge in [0.15, 0.2) is 5.78 Å². The number of ketones is 1. The number of hydrogen-bond acceptors (Lipinski definition) is 4. The van der Waals surface area contributed by atoms with Gasteiger partial charge in [0.25, 0.3) is 0 Å². The molecule has 3 rings (SSSR count). The normalized spacial score (nSPS) is 22.3. The number of aliphatic imine (C=N–C) groups is 1. The summed E-state index contributed by atoms with van der Waals surface area (Å²) in [7, 11) is 0. The Balaban J connectivity index is 1.92. The molecule has 1 atom stereocenters. The van der Waals surface area contributed by atoms with Crippen LogP contribution in [-0.4, -0.2) is 23.7 Å². The number of Topliss-reactive ketones (excluding diaryl/α,β-unsaturated/α-hetero) is 1. The number of aryl methyl sites for hydroxylation is 1. The van der Waals surface area contributed by atoms with E-state index in [4.69, 9.17) is 0 Å². The molecule has 1 amide bonds. The molecule has 1 aromatic carbocycles. The third kappa shape index (κ3) is 2.21.